The molecule has 1 aromatic heterocycles. The van der Waals surface area contributed by atoms with Gasteiger partial charge in [-0.2, -0.15) is 0 Å². The predicted molar refractivity (Wildman–Crippen MR) is 200 cm³/mol. The van der Waals surface area contributed by atoms with Gasteiger partial charge in [-0.1, -0.05) is 68.3 Å². The zero-order valence-electron chi connectivity index (χ0n) is 31.0. The van der Waals surface area contributed by atoms with Gasteiger partial charge in [0, 0.05) is 42.9 Å². The average molecular weight is 750 g/mol. The zero-order chi connectivity index (χ0) is 39.8. The maximum atomic E-state index is 13.9. The molecule has 3 aromatic rings. The van der Waals surface area contributed by atoms with Gasteiger partial charge in [-0.25, -0.2) is 4.79 Å². The maximum Gasteiger partial charge on any atom is 0.407 e. The third-order valence-electron chi connectivity index (χ3n) is 8.20. The lowest BCUT2D eigenvalue weighted by Gasteiger charge is -2.26. The van der Waals surface area contributed by atoms with Crippen molar-refractivity contribution in [2.24, 2.45) is 5.73 Å². The summed E-state index contributed by atoms with van der Waals surface area (Å²) in [4.78, 5) is 93.2. The number of benzene rings is 2. The summed E-state index contributed by atoms with van der Waals surface area (Å²) in [5.74, 6) is -5.30. The molecule has 0 bridgehead atoms. The molecule has 54 heavy (non-hydrogen) atoms. The number of unbranched alkanes of at least 4 members (excludes halogenated alkanes) is 1. The number of nitrogens with two attached hydrogens (primary N) is 1. The van der Waals surface area contributed by atoms with Crippen molar-refractivity contribution in [3.63, 3.8) is 0 Å². The minimum atomic E-state index is -1.62. The molecule has 1 heterocycles. The van der Waals surface area contributed by atoms with E-state index in [2.05, 4.69) is 31.6 Å². The van der Waals surface area contributed by atoms with Gasteiger partial charge in [0.05, 0.1) is 6.42 Å². The molecule has 6 amide bonds. The molecule has 3 rings (SSSR count). The fourth-order valence-corrected chi connectivity index (χ4v) is 5.54. The van der Waals surface area contributed by atoms with Crippen LogP contribution in [0.4, 0.5) is 4.79 Å². The van der Waals surface area contributed by atoms with Crippen molar-refractivity contribution in [2.45, 2.75) is 102 Å². The molecule has 16 heteroatoms. The number of para-hydroxylation sites is 1. The number of carbonyl (C=O) groups excluding carboxylic acids is 6. The van der Waals surface area contributed by atoms with Crippen LogP contribution >= 0.6 is 0 Å². The summed E-state index contributed by atoms with van der Waals surface area (Å²) in [5.41, 5.74) is 7.02. The molecule has 0 aliphatic heterocycles. The second-order valence-electron chi connectivity index (χ2n) is 13.9. The Morgan fingerprint density at radius 1 is 0.796 bits per heavy atom. The standard InChI is InChI=1S/C38H51N7O9/c1-5-6-15-27(34(50)45-30(21-32(47)48)36(52)44-28(33(39)49)19-23-12-8-7-9-13-23)43-35(51)29(20-24-22-41-26-16-11-10-14-25(24)26)42-31(46)17-18-40-37(53)54-38(2,3)4/h7-14,16,22,27-30,41H,5-6,15,17-21H2,1-4H3,(H2,39,49)(H,40,53)(H,42,46)(H,43,51)(H,44,52)(H,45,50)(H,47,48)/t27-,28-,29+,30-/m0/s1. The minimum absolute atomic E-state index is 0.0309. The van der Waals surface area contributed by atoms with Gasteiger partial charge in [0.25, 0.3) is 0 Å². The number of rotatable bonds is 20. The van der Waals surface area contributed by atoms with E-state index >= 15 is 0 Å². The molecular weight excluding hydrogens is 698 g/mol. The Morgan fingerprint density at radius 3 is 2.06 bits per heavy atom. The molecule has 292 valence electrons. The number of primary amides is 1. The highest BCUT2D eigenvalue weighted by Crippen LogP contribution is 2.19. The number of aliphatic carboxylic acids is 1. The number of ether oxygens (including phenoxy) is 1. The maximum absolute atomic E-state index is 13.9. The summed E-state index contributed by atoms with van der Waals surface area (Å²) >= 11 is 0. The average Bonchev–Trinajstić information content (AvgIpc) is 3.51. The number of hydrogen-bond acceptors (Lipinski definition) is 8. The number of carboxylic acid groups (broad SMARTS) is 1. The molecule has 2 aromatic carbocycles. The number of aromatic amines is 1. The number of alkyl carbamates (subject to hydrolysis) is 1. The van der Waals surface area contributed by atoms with E-state index in [1.54, 1.807) is 57.3 Å². The van der Waals surface area contributed by atoms with E-state index < -0.39 is 77.8 Å². The molecule has 0 fully saturated rings. The predicted octanol–water partition coefficient (Wildman–Crippen LogP) is 1.96. The van der Waals surface area contributed by atoms with Gasteiger partial charge in [0.2, 0.25) is 29.5 Å². The van der Waals surface area contributed by atoms with Crippen LogP contribution in [0.25, 0.3) is 10.9 Å². The van der Waals surface area contributed by atoms with Crippen molar-refractivity contribution in [3.8, 4) is 0 Å². The van der Waals surface area contributed by atoms with E-state index in [0.29, 0.717) is 24.0 Å². The van der Waals surface area contributed by atoms with Crippen molar-refractivity contribution in [3.05, 3.63) is 71.9 Å². The molecule has 4 atom stereocenters. The van der Waals surface area contributed by atoms with Crippen LogP contribution < -0.4 is 32.3 Å². The number of H-pyrrole nitrogens is 1. The Bertz CT molecular complexity index is 1770. The lowest BCUT2D eigenvalue weighted by molar-refractivity contribution is -0.141. The second kappa shape index (κ2) is 20.3. The van der Waals surface area contributed by atoms with Gasteiger partial charge in [-0.15, -0.1) is 0 Å². The Labute approximate surface area is 313 Å². The Hall–Kier alpha value is -5.93. The summed E-state index contributed by atoms with van der Waals surface area (Å²) in [5, 5.41) is 23.2. The van der Waals surface area contributed by atoms with E-state index in [0.717, 1.165) is 10.9 Å². The number of nitrogens with one attached hydrogen (secondary N) is 6. The lowest BCUT2D eigenvalue weighted by Crippen LogP contribution is -2.58. The van der Waals surface area contributed by atoms with Crippen LogP contribution in [0.3, 0.4) is 0 Å². The molecule has 0 aliphatic carbocycles. The first-order valence-electron chi connectivity index (χ1n) is 17.8. The zero-order valence-corrected chi connectivity index (χ0v) is 31.0. The lowest BCUT2D eigenvalue weighted by atomic mass is 10.0. The summed E-state index contributed by atoms with van der Waals surface area (Å²) < 4.78 is 5.20. The van der Waals surface area contributed by atoms with Crippen LogP contribution in [-0.4, -0.2) is 88.0 Å². The number of aromatic nitrogens is 1. The first kappa shape index (κ1) is 42.5. The van der Waals surface area contributed by atoms with Crippen LogP contribution in [0.15, 0.2) is 60.8 Å². The van der Waals surface area contributed by atoms with Crippen molar-refractivity contribution >= 4 is 52.5 Å². The fourth-order valence-electron chi connectivity index (χ4n) is 5.54. The number of amides is 6. The highest BCUT2D eigenvalue weighted by atomic mass is 16.6. The summed E-state index contributed by atoms with van der Waals surface area (Å²) in [7, 11) is 0. The van der Waals surface area contributed by atoms with Crippen LogP contribution in [0.5, 0.6) is 0 Å². The quantitative estimate of drug-likeness (QED) is 0.0840. The van der Waals surface area contributed by atoms with E-state index in [9.17, 15) is 38.7 Å². The largest absolute Gasteiger partial charge is 0.481 e. The van der Waals surface area contributed by atoms with Gasteiger partial charge in [0.15, 0.2) is 0 Å². The Balaban J connectivity index is 1.79. The molecular formula is C38H51N7O9. The van der Waals surface area contributed by atoms with Crippen LogP contribution in [0.1, 0.15) is 70.9 Å². The Kier molecular flexibility index (Phi) is 16.0. The third-order valence-corrected chi connectivity index (χ3v) is 8.20. The molecule has 0 aliphatic rings. The van der Waals surface area contributed by atoms with Gasteiger partial charge < -0.3 is 47.1 Å². The number of carboxylic acids is 1. The topological polar surface area (TPSA) is 251 Å². The summed E-state index contributed by atoms with van der Waals surface area (Å²) in [6.45, 7) is 6.91. The minimum Gasteiger partial charge on any atom is -0.481 e. The first-order valence-corrected chi connectivity index (χ1v) is 17.8. The summed E-state index contributed by atoms with van der Waals surface area (Å²) in [6, 6.07) is 10.9. The highest BCUT2D eigenvalue weighted by Gasteiger charge is 2.32. The fraction of sp³-hybridized carbons (Fsp3) is 0.447. The molecule has 0 spiro atoms. The second-order valence-corrected chi connectivity index (χ2v) is 13.9. The van der Waals surface area contributed by atoms with Gasteiger partial charge in [-0.05, 0) is 44.4 Å². The van der Waals surface area contributed by atoms with Gasteiger partial charge in [0.1, 0.15) is 29.8 Å². The first-order chi connectivity index (χ1) is 25.6. The molecule has 16 nitrogen and oxygen atoms in total. The van der Waals surface area contributed by atoms with Gasteiger partial charge >= 0.3 is 12.1 Å². The van der Waals surface area contributed by atoms with Crippen molar-refractivity contribution in [2.75, 3.05) is 6.54 Å². The number of hydrogen-bond donors (Lipinski definition) is 8. The normalized spacial score (nSPS) is 13.4. The molecule has 0 saturated heterocycles. The van der Waals surface area contributed by atoms with Gasteiger partial charge in [-0.3, -0.25) is 28.8 Å². The van der Waals surface area contributed by atoms with Crippen molar-refractivity contribution in [1.82, 2.24) is 31.6 Å². The molecule has 0 radical (unpaired) electrons. The van der Waals surface area contributed by atoms with Crippen molar-refractivity contribution < 1.29 is 43.4 Å². The Morgan fingerprint density at radius 2 is 1.41 bits per heavy atom. The molecule has 9 N–H and O–H groups in total. The van der Waals surface area contributed by atoms with E-state index in [-0.39, 0.29) is 32.2 Å². The number of carbonyl (C=O) groups is 7. The van der Waals surface area contributed by atoms with Crippen LogP contribution in [0, 0.1) is 0 Å². The van der Waals surface area contributed by atoms with Crippen molar-refractivity contribution in [1.29, 1.82) is 0 Å². The summed E-state index contributed by atoms with van der Waals surface area (Å²) in [6.07, 6.45) is 1.32. The van der Waals surface area contributed by atoms with Crippen LogP contribution in [0.2, 0.25) is 0 Å². The highest BCUT2D eigenvalue weighted by molar-refractivity contribution is 5.97. The SMILES string of the molecule is CCCC[C@H](NC(=O)[C@@H](Cc1c[nH]c2ccccc12)NC(=O)CCNC(=O)OC(C)(C)C)C(=O)N[C@@H](CC(=O)O)C(=O)N[C@@H](Cc1ccccc1)C(N)=O. The molecule has 0 saturated carbocycles. The smallest absolute Gasteiger partial charge is 0.407 e. The number of fused-ring (bicyclic) bond motifs is 1. The van der Waals surface area contributed by atoms with E-state index in [4.69, 9.17) is 10.5 Å². The third kappa shape index (κ3) is 14.2. The monoisotopic (exact) mass is 749 g/mol. The van der Waals surface area contributed by atoms with E-state index in [1.807, 2.05) is 31.2 Å². The van der Waals surface area contributed by atoms with Crippen LogP contribution in [-0.2, 0) is 46.3 Å². The van der Waals surface area contributed by atoms with E-state index in [1.165, 1.54) is 0 Å². The molecule has 0 unspecified atom stereocenters.